The van der Waals surface area contributed by atoms with E-state index in [4.69, 9.17) is 11.5 Å². The molecule has 5 N–H and O–H groups in total. The van der Waals surface area contributed by atoms with Crippen molar-refractivity contribution in [3.05, 3.63) is 29.3 Å². The van der Waals surface area contributed by atoms with Crippen molar-refractivity contribution < 1.29 is 13.2 Å². The predicted octanol–water partition coefficient (Wildman–Crippen LogP) is 1.56. The van der Waals surface area contributed by atoms with Crippen LogP contribution in [-0.2, 0) is 10.0 Å². The minimum Gasteiger partial charge on any atom is -0.366 e. The molecule has 0 saturated heterocycles. The summed E-state index contributed by atoms with van der Waals surface area (Å²) in [5.41, 5.74) is 11.1. The normalized spacial score (nSPS) is 14.2. The van der Waals surface area contributed by atoms with Crippen LogP contribution >= 0.6 is 12.4 Å². The molecule has 23 heavy (non-hydrogen) atoms. The van der Waals surface area contributed by atoms with Crippen LogP contribution in [0.25, 0.3) is 0 Å². The van der Waals surface area contributed by atoms with Crippen molar-refractivity contribution in [3.8, 4) is 0 Å². The summed E-state index contributed by atoms with van der Waals surface area (Å²) in [5.74, 6) is -0.367. The first-order valence-electron chi connectivity index (χ1n) is 7.15. The van der Waals surface area contributed by atoms with Crippen LogP contribution in [0.5, 0.6) is 0 Å². The molecular weight excluding hydrogens is 338 g/mol. The van der Waals surface area contributed by atoms with Gasteiger partial charge >= 0.3 is 0 Å². The summed E-state index contributed by atoms with van der Waals surface area (Å²) in [6.07, 6.45) is 0.608. The fourth-order valence-electron chi connectivity index (χ4n) is 2.48. The zero-order chi connectivity index (χ0) is 17.1. The lowest BCUT2D eigenvalue weighted by Crippen LogP contribution is -2.52. The first-order chi connectivity index (χ1) is 10.0. The molecule has 8 heteroatoms. The van der Waals surface area contributed by atoms with Crippen LogP contribution in [0, 0.1) is 12.8 Å². The minimum atomic E-state index is -3.79. The van der Waals surface area contributed by atoms with Crippen LogP contribution in [0.1, 0.15) is 43.1 Å². The molecule has 0 saturated carbocycles. The first kappa shape index (κ1) is 21.9. The van der Waals surface area contributed by atoms with E-state index in [2.05, 4.69) is 4.72 Å². The SMILES string of the molecule is Cc1ccc(S(=O)(=O)NC(C)(CN)CC(C)C)cc1C(N)=O.Cl. The molecule has 1 rings (SSSR count). The molecule has 0 aliphatic carbocycles. The Morgan fingerprint density at radius 1 is 1.35 bits per heavy atom. The topological polar surface area (TPSA) is 115 Å². The third kappa shape index (κ3) is 5.76. The van der Waals surface area contributed by atoms with Crippen molar-refractivity contribution in [2.45, 2.75) is 44.6 Å². The summed E-state index contributed by atoms with van der Waals surface area (Å²) >= 11 is 0. The second kappa shape index (κ2) is 8.10. The standard InChI is InChI=1S/C15H25N3O3S.ClH/c1-10(2)8-15(4,9-16)18-22(20,21)12-6-5-11(3)13(7-12)14(17)19;/h5-7,10,18H,8-9,16H2,1-4H3,(H2,17,19);1H. The molecule has 0 aliphatic rings. The molecule has 1 aromatic rings. The summed E-state index contributed by atoms with van der Waals surface area (Å²) in [6.45, 7) is 7.65. The number of aryl methyl sites for hydroxylation is 1. The average Bonchev–Trinajstić information content (AvgIpc) is 2.36. The van der Waals surface area contributed by atoms with Gasteiger partial charge in [0.25, 0.3) is 0 Å². The first-order valence-corrected chi connectivity index (χ1v) is 8.63. The lowest BCUT2D eigenvalue weighted by molar-refractivity contribution is 0.0999. The molecule has 0 fully saturated rings. The fourth-order valence-corrected chi connectivity index (χ4v) is 3.94. The molecule has 0 aliphatic heterocycles. The quantitative estimate of drug-likeness (QED) is 0.681. The molecule has 1 amide bonds. The van der Waals surface area contributed by atoms with E-state index in [1.807, 2.05) is 13.8 Å². The van der Waals surface area contributed by atoms with E-state index in [-0.39, 0.29) is 35.3 Å². The Kier molecular flexibility index (Phi) is 7.69. The Balaban J connectivity index is 0.00000484. The zero-order valence-corrected chi connectivity index (χ0v) is 15.6. The van der Waals surface area contributed by atoms with Crippen LogP contribution in [0.3, 0.4) is 0 Å². The van der Waals surface area contributed by atoms with Gasteiger partial charge in [0.15, 0.2) is 0 Å². The number of hydrogen-bond acceptors (Lipinski definition) is 4. The van der Waals surface area contributed by atoms with E-state index < -0.39 is 21.5 Å². The Labute approximate surface area is 144 Å². The van der Waals surface area contributed by atoms with Gasteiger partial charge in [-0.1, -0.05) is 19.9 Å². The van der Waals surface area contributed by atoms with Crippen LogP contribution in [-0.4, -0.2) is 26.4 Å². The number of hydrogen-bond donors (Lipinski definition) is 3. The average molecular weight is 364 g/mol. The maximum atomic E-state index is 12.6. The summed E-state index contributed by atoms with van der Waals surface area (Å²) in [5, 5.41) is 0. The molecule has 0 radical (unpaired) electrons. The van der Waals surface area contributed by atoms with E-state index in [1.165, 1.54) is 12.1 Å². The predicted molar refractivity (Wildman–Crippen MR) is 94.2 cm³/mol. The van der Waals surface area contributed by atoms with Gasteiger partial charge in [0.1, 0.15) is 0 Å². The number of benzene rings is 1. The monoisotopic (exact) mass is 363 g/mol. The van der Waals surface area contributed by atoms with E-state index >= 15 is 0 Å². The number of halogens is 1. The molecule has 6 nitrogen and oxygen atoms in total. The third-order valence-electron chi connectivity index (χ3n) is 3.47. The molecule has 0 bridgehead atoms. The Bertz CT molecular complexity index is 662. The van der Waals surface area contributed by atoms with Gasteiger partial charge in [-0.05, 0) is 43.9 Å². The Morgan fingerprint density at radius 2 is 1.91 bits per heavy atom. The van der Waals surface area contributed by atoms with E-state index in [0.717, 1.165) is 0 Å². The van der Waals surface area contributed by atoms with Gasteiger partial charge in [-0.15, -0.1) is 12.4 Å². The third-order valence-corrected chi connectivity index (χ3v) is 5.11. The highest BCUT2D eigenvalue weighted by atomic mass is 35.5. The fraction of sp³-hybridized carbons (Fsp3) is 0.533. The number of nitrogens with one attached hydrogen (secondary N) is 1. The highest BCUT2D eigenvalue weighted by molar-refractivity contribution is 7.89. The highest BCUT2D eigenvalue weighted by Gasteiger charge is 2.30. The van der Waals surface area contributed by atoms with Crippen molar-refractivity contribution in [3.63, 3.8) is 0 Å². The zero-order valence-electron chi connectivity index (χ0n) is 13.9. The molecule has 0 heterocycles. The molecule has 1 atom stereocenters. The van der Waals surface area contributed by atoms with Crippen molar-refractivity contribution in [1.29, 1.82) is 0 Å². The van der Waals surface area contributed by atoms with Gasteiger partial charge in [0.05, 0.1) is 4.90 Å². The molecule has 1 aromatic carbocycles. The molecule has 132 valence electrons. The summed E-state index contributed by atoms with van der Waals surface area (Å²) in [6, 6.07) is 4.32. The molecule has 0 spiro atoms. The second-order valence-electron chi connectivity index (χ2n) is 6.31. The largest absolute Gasteiger partial charge is 0.366 e. The van der Waals surface area contributed by atoms with Crippen molar-refractivity contribution in [2.75, 3.05) is 6.54 Å². The minimum absolute atomic E-state index is 0. The number of carbonyl (C=O) groups excluding carboxylic acids is 1. The maximum Gasteiger partial charge on any atom is 0.249 e. The number of amides is 1. The van der Waals surface area contributed by atoms with E-state index in [9.17, 15) is 13.2 Å². The van der Waals surface area contributed by atoms with Gasteiger partial charge in [-0.2, -0.15) is 0 Å². The van der Waals surface area contributed by atoms with Crippen LogP contribution in [0.15, 0.2) is 23.1 Å². The van der Waals surface area contributed by atoms with Crippen molar-refractivity contribution in [1.82, 2.24) is 4.72 Å². The van der Waals surface area contributed by atoms with Crippen molar-refractivity contribution >= 4 is 28.3 Å². The number of primary amides is 1. The smallest absolute Gasteiger partial charge is 0.249 e. The Morgan fingerprint density at radius 3 is 2.35 bits per heavy atom. The highest BCUT2D eigenvalue weighted by Crippen LogP contribution is 2.21. The lowest BCUT2D eigenvalue weighted by atomic mass is 9.92. The maximum absolute atomic E-state index is 12.6. The summed E-state index contributed by atoms with van der Waals surface area (Å²) in [7, 11) is -3.79. The number of sulfonamides is 1. The number of rotatable bonds is 7. The van der Waals surface area contributed by atoms with Gasteiger partial charge < -0.3 is 11.5 Å². The Hall–Kier alpha value is -1.15. The van der Waals surface area contributed by atoms with Crippen LogP contribution in [0.4, 0.5) is 0 Å². The van der Waals surface area contributed by atoms with Gasteiger partial charge in [0.2, 0.25) is 15.9 Å². The number of nitrogens with two attached hydrogens (primary N) is 2. The number of carbonyl (C=O) groups is 1. The molecule has 1 unspecified atom stereocenters. The van der Waals surface area contributed by atoms with Crippen LogP contribution < -0.4 is 16.2 Å². The second-order valence-corrected chi connectivity index (χ2v) is 7.99. The van der Waals surface area contributed by atoms with Crippen LogP contribution in [0.2, 0.25) is 0 Å². The van der Waals surface area contributed by atoms with Gasteiger partial charge in [-0.25, -0.2) is 13.1 Å². The lowest BCUT2D eigenvalue weighted by Gasteiger charge is -2.30. The summed E-state index contributed by atoms with van der Waals surface area (Å²) < 4.78 is 27.8. The van der Waals surface area contributed by atoms with E-state index in [0.29, 0.717) is 12.0 Å². The summed E-state index contributed by atoms with van der Waals surface area (Å²) in [4.78, 5) is 11.4. The van der Waals surface area contributed by atoms with Gasteiger partial charge in [-0.3, -0.25) is 4.79 Å². The van der Waals surface area contributed by atoms with E-state index in [1.54, 1.807) is 19.9 Å². The molecule has 0 aromatic heterocycles. The molecular formula is C15H26ClN3O3S. The van der Waals surface area contributed by atoms with Crippen molar-refractivity contribution in [2.24, 2.45) is 17.4 Å². The van der Waals surface area contributed by atoms with Gasteiger partial charge in [0, 0.05) is 17.6 Å².